The standard InChI is InChI=1S/C24H27N3O3/c1-29-21-11-10-19(17-22(21)30-2)23-20-9-6-14-26(20)15-16-27(23)24(28)25-13-12-18-7-4-3-5-8-18/h3-11,14,17,23H,12-13,15-16H2,1-2H3,(H,25,28)/t23-/m0/s1. The van der Waals surface area contributed by atoms with Gasteiger partial charge in [0.2, 0.25) is 0 Å². The van der Waals surface area contributed by atoms with Crippen molar-refractivity contribution < 1.29 is 14.3 Å². The molecular weight excluding hydrogens is 378 g/mol. The molecule has 0 spiro atoms. The van der Waals surface area contributed by atoms with Gasteiger partial charge >= 0.3 is 6.03 Å². The summed E-state index contributed by atoms with van der Waals surface area (Å²) >= 11 is 0. The van der Waals surface area contributed by atoms with E-state index in [1.165, 1.54) is 5.56 Å². The second-order valence-corrected chi connectivity index (χ2v) is 7.30. The molecule has 2 amide bonds. The van der Waals surface area contributed by atoms with Gasteiger partial charge in [0, 0.05) is 31.5 Å². The number of rotatable bonds is 6. The van der Waals surface area contributed by atoms with Crippen LogP contribution in [0.2, 0.25) is 0 Å². The van der Waals surface area contributed by atoms with Crippen molar-refractivity contribution in [3.63, 3.8) is 0 Å². The fourth-order valence-corrected chi connectivity index (χ4v) is 4.04. The van der Waals surface area contributed by atoms with Gasteiger partial charge in [-0.3, -0.25) is 0 Å². The van der Waals surface area contributed by atoms with Crippen molar-refractivity contribution in [2.75, 3.05) is 27.3 Å². The molecule has 0 saturated carbocycles. The second-order valence-electron chi connectivity index (χ2n) is 7.30. The first kappa shape index (κ1) is 19.9. The third-order valence-electron chi connectivity index (χ3n) is 5.56. The Balaban J connectivity index is 1.56. The molecular formula is C24H27N3O3. The van der Waals surface area contributed by atoms with Crippen LogP contribution in [-0.2, 0) is 13.0 Å². The Labute approximate surface area is 177 Å². The lowest BCUT2D eigenvalue weighted by Gasteiger charge is -2.37. The van der Waals surface area contributed by atoms with Crippen LogP contribution >= 0.6 is 0 Å². The zero-order valence-corrected chi connectivity index (χ0v) is 17.4. The van der Waals surface area contributed by atoms with E-state index in [-0.39, 0.29) is 12.1 Å². The molecule has 2 aromatic carbocycles. The molecule has 0 aliphatic carbocycles. The minimum absolute atomic E-state index is 0.0573. The van der Waals surface area contributed by atoms with Gasteiger partial charge in [-0.25, -0.2) is 4.79 Å². The Hall–Kier alpha value is -3.41. The number of carbonyl (C=O) groups excluding carboxylic acids is 1. The van der Waals surface area contributed by atoms with Crippen molar-refractivity contribution >= 4 is 6.03 Å². The number of carbonyl (C=O) groups is 1. The lowest BCUT2D eigenvalue weighted by molar-refractivity contribution is 0.168. The zero-order valence-electron chi connectivity index (χ0n) is 17.4. The topological polar surface area (TPSA) is 55.7 Å². The molecule has 3 aromatic rings. The van der Waals surface area contributed by atoms with Crippen LogP contribution in [0.1, 0.15) is 22.9 Å². The summed E-state index contributed by atoms with van der Waals surface area (Å²) in [4.78, 5) is 15.0. The van der Waals surface area contributed by atoms with Crippen LogP contribution in [-0.4, -0.2) is 42.8 Å². The van der Waals surface area contributed by atoms with E-state index in [1.54, 1.807) is 14.2 Å². The summed E-state index contributed by atoms with van der Waals surface area (Å²) in [6.07, 6.45) is 2.87. The van der Waals surface area contributed by atoms with Crippen LogP contribution in [0.15, 0.2) is 66.9 Å². The van der Waals surface area contributed by atoms with E-state index in [2.05, 4.69) is 34.3 Å². The van der Waals surface area contributed by atoms with E-state index in [4.69, 9.17) is 9.47 Å². The predicted molar refractivity (Wildman–Crippen MR) is 116 cm³/mol. The summed E-state index contributed by atoms with van der Waals surface area (Å²) < 4.78 is 13.1. The molecule has 0 radical (unpaired) electrons. The van der Waals surface area contributed by atoms with Gasteiger partial charge in [-0.05, 0) is 41.8 Å². The average molecular weight is 405 g/mol. The van der Waals surface area contributed by atoms with E-state index in [1.807, 2.05) is 47.4 Å². The number of hydrogen-bond acceptors (Lipinski definition) is 3. The fourth-order valence-electron chi connectivity index (χ4n) is 4.04. The van der Waals surface area contributed by atoms with Crippen LogP contribution in [0.5, 0.6) is 11.5 Å². The highest BCUT2D eigenvalue weighted by Crippen LogP contribution is 2.37. The Kier molecular flexibility index (Phi) is 5.93. The maximum absolute atomic E-state index is 13.1. The molecule has 1 N–H and O–H groups in total. The number of nitrogens with zero attached hydrogens (tertiary/aromatic N) is 2. The number of urea groups is 1. The van der Waals surface area contributed by atoms with Crippen molar-refractivity contribution in [2.24, 2.45) is 0 Å². The lowest BCUT2D eigenvalue weighted by Crippen LogP contribution is -2.47. The Bertz CT molecular complexity index is 1000. The third-order valence-corrected chi connectivity index (χ3v) is 5.56. The van der Waals surface area contributed by atoms with Crippen molar-refractivity contribution in [2.45, 2.75) is 19.0 Å². The van der Waals surface area contributed by atoms with Crippen LogP contribution in [0.4, 0.5) is 4.79 Å². The van der Waals surface area contributed by atoms with Gasteiger partial charge in [-0.15, -0.1) is 0 Å². The van der Waals surface area contributed by atoms with E-state index in [0.29, 0.717) is 24.6 Å². The van der Waals surface area contributed by atoms with Crippen LogP contribution in [0.3, 0.4) is 0 Å². The van der Waals surface area contributed by atoms with Crippen molar-refractivity contribution in [3.05, 3.63) is 83.7 Å². The minimum Gasteiger partial charge on any atom is -0.493 e. The van der Waals surface area contributed by atoms with Crippen LogP contribution in [0.25, 0.3) is 0 Å². The Morgan fingerprint density at radius 3 is 2.57 bits per heavy atom. The molecule has 6 nitrogen and oxygen atoms in total. The van der Waals surface area contributed by atoms with Gasteiger partial charge in [0.1, 0.15) is 0 Å². The summed E-state index contributed by atoms with van der Waals surface area (Å²) in [6.45, 7) is 2.01. The maximum Gasteiger partial charge on any atom is 0.318 e. The molecule has 1 aliphatic heterocycles. The van der Waals surface area contributed by atoms with Gasteiger partial charge in [0.15, 0.2) is 11.5 Å². The average Bonchev–Trinajstić information content (AvgIpc) is 3.27. The molecule has 2 heterocycles. The first-order chi connectivity index (χ1) is 14.7. The number of fused-ring (bicyclic) bond motifs is 1. The van der Waals surface area contributed by atoms with Gasteiger partial charge in [-0.2, -0.15) is 0 Å². The number of methoxy groups -OCH3 is 2. The number of ether oxygens (including phenoxy) is 2. The Morgan fingerprint density at radius 2 is 1.80 bits per heavy atom. The molecule has 30 heavy (non-hydrogen) atoms. The highest BCUT2D eigenvalue weighted by atomic mass is 16.5. The van der Waals surface area contributed by atoms with Crippen molar-refractivity contribution in [3.8, 4) is 11.5 Å². The van der Waals surface area contributed by atoms with E-state index in [9.17, 15) is 4.79 Å². The largest absolute Gasteiger partial charge is 0.493 e. The highest BCUT2D eigenvalue weighted by Gasteiger charge is 2.32. The molecule has 1 aromatic heterocycles. The molecule has 1 aliphatic rings. The molecule has 4 rings (SSSR count). The van der Waals surface area contributed by atoms with E-state index in [0.717, 1.165) is 24.2 Å². The van der Waals surface area contributed by atoms with Crippen LogP contribution < -0.4 is 14.8 Å². The molecule has 0 bridgehead atoms. The van der Waals surface area contributed by atoms with Gasteiger partial charge in [0.05, 0.1) is 20.3 Å². The molecule has 6 heteroatoms. The molecule has 0 saturated heterocycles. The Morgan fingerprint density at radius 1 is 1.00 bits per heavy atom. The number of nitrogens with one attached hydrogen (secondary N) is 1. The van der Waals surface area contributed by atoms with Gasteiger partial charge in [0.25, 0.3) is 0 Å². The van der Waals surface area contributed by atoms with Crippen molar-refractivity contribution in [1.29, 1.82) is 0 Å². The summed E-state index contributed by atoms with van der Waals surface area (Å²) in [5, 5.41) is 3.10. The lowest BCUT2D eigenvalue weighted by atomic mass is 9.99. The van der Waals surface area contributed by atoms with E-state index < -0.39 is 0 Å². The normalized spacial score (nSPS) is 15.4. The number of aromatic nitrogens is 1. The summed E-state index contributed by atoms with van der Waals surface area (Å²) in [7, 11) is 3.25. The summed E-state index contributed by atoms with van der Waals surface area (Å²) in [6, 6.07) is 19.9. The highest BCUT2D eigenvalue weighted by molar-refractivity contribution is 5.75. The SMILES string of the molecule is COc1ccc([C@H]2c3cccn3CCN2C(=O)NCCc2ccccc2)cc1OC. The van der Waals surface area contributed by atoms with Crippen molar-refractivity contribution in [1.82, 2.24) is 14.8 Å². The maximum atomic E-state index is 13.1. The first-order valence-corrected chi connectivity index (χ1v) is 10.2. The molecule has 1 atom stereocenters. The van der Waals surface area contributed by atoms with Gasteiger partial charge in [-0.1, -0.05) is 36.4 Å². The summed E-state index contributed by atoms with van der Waals surface area (Å²) in [5.41, 5.74) is 3.29. The first-order valence-electron chi connectivity index (χ1n) is 10.2. The molecule has 156 valence electrons. The predicted octanol–water partition coefficient (Wildman–Crippen LogP) is 3.86. The smallest absolute Gasteiger partial charge is 0.318 e. The third kappa shape index (κ3) is 3.99. The minimum atomic E-state index is -0.190. The quantitative estimate of drug-likeness (QED) is 0.678. The monoisotopic (exact) mass is 405 g/mol. The molecule has 0 fully saturated rings. The number of hydrogen-bond donors (Lipinski definition) is 1. The fraction of sp³-hybridized carbons (Fsp3) is 0.292. The number of amides is 2. The molecule has 0 unspecified atom stereocenters. The zero-order chi connectivity index (χ0) is 20.9. The number of benzene rings is 2. The summed E-state index contributed by atoms with van der Waals surface area (Å²) in [5.74, 6) is 1.33. The van der Waals surface area contributed by atoms with Crippen LogP contribution in [0, 0.1) is 0 Å². The van der Waals surface area contributed by atoms with E-state index >= 15 is 0 Å². The second kappa shape index (κ2) is 8.95. The van der Waals surface area contributed by atoms with Gasteiger partial charge < -0.3 is 24.3 Å².